The SMILES string of the molecule is COC(C)(C)CCC(O)Cc1cc(C)cc(C)c1. The first kappa shape index (κ1) is 15.2. The van der Waals surface area contributed by atoms with Gasteiger partial charge in [0.1, 0.15) is 0 Å². The third-order valence-electron chi connectivity index (χ3n) is 3.39. The van der Waals surface area contributed by atoms with Gasteiger partial charge in [-0.05, 0) is 52.5 Å². The van der Waals surface area contributed by atoms with E-state index in [1.807, 2.05) is 0 Å². The highest BCUT2D eigenvalue weighted by molar-refractivity contribution is 5.28. The predicted octanol–water partition coefficient (Wildman–Crippen LogP) is 3.41. The van der Waals surface area contributed by atoms with Crippen LogP contribution in [0.3, 0.4) is 0 Å². The molecule has 0 aliphatic carbocycles. The summed E-state index contributed by atoms with van der Waals surface area (Å²) in [4.78, 5) is 0. The number of methoxy groups -OCH3 is 1. The Morgan fingerprint density at radius 1 is 1.17 bits per heavy atom. The summed E-state index contributed by atoms with van der Waals surface area (Å²) in [6, 6.07) is 6.46. The van der Waals surface area contributed by atoms with Gasteiger partial charge in [-0.3, -0.25) is 0 Å². The molecule has 0 aromatic heterocycles. The molecule has 2 heteroatoms. The number of rotatable bonds is 6. The van der Waals surface area contributed by atoms with Crippen LogP contribution in [0.25, 0.3) is 0 Å². The quantitative estimate of drug-likeness (QED) is 0.838. The number of aliphatic hydroxyl groups excluding tert-OH is 1. The minimum atomic E-state index is -0.291. The first-order valence-corrected chi connectivity index (χ1v) is 6.63. The highest BCUT2D eigenvalue weighted by Gasteiger charge is 2.18. The van der Waals surface area contributed by atoms with E-state index in [9.17, 15) is 5.11 Å². The first-order chi connectivity index (χ1) is 8.32. The van der Waals surface area contributed by atoms with Crippen molar-refractivity contribution in [2.45, 2.75) is 58.7 Å². The highest BCUT2D eigenvalue weighted by atomic mass is 16.5. The standard InChI is InChI=1S/C16H26O2/c1-12-8-13(2)10-14(9-12)11-15(17)6-7-16(3,4)18-5/h8-10,15,17H,6-7,11H2,1-5H3. The second-order valence-electron chi connectivity index (χ2n) is 5.86. The second-order valence-corrected chi connectivity index (χ2v) is 5.86. The van der Waals surface area contributed by atoms with Crippen LogP contribution >= 0.6 is 0 Å². The molecule has 1 aromatic rings. The third kappa shape index (κ3) is 5.19. The Balaban J connectivity index is 2.51. The summed E-state index contributed by atoms with van der Waals surface area (Å²) in [5.41, 5.74) is 3.59. The molecule has 1 unspecified atom stereocenters. The van der Waals surface area contributed by atoms with Crippen molar-refractivity contribution in [3.05, 3.63) is 34.9 Å². The van der Waals surface area contributed by atoms with Gasteiger partial charge in [0.25, 0.3) is 0 Å². The van der Waals surface area contributed by atoms with Gasteiger partial charge < -0.3 is 9.84 Å². The number of aryl methyl sites for hydroxylation is 2. The van der Waals surface area contributed by atoms with Crippen LogP contribution in [0, 0.1) is 13.8 Å². The van der Waals surface area contributed by atoms with Crippen molar-refractivity contribution >= 4 is 0 Å². The minimum Gasteiger partial charge on any atom is -0.393 e. The summed E-state index contributed by atoms with van der Waals surface area (Å²) in [5, 5.41) is 10.1. The number of hydrogen-bond donors (Lipinski definition) is 1. The number of hydrogen-bond acceptors (Lipinski definition) is 2. The maximum atomic E-state index is 10.1. The molecule has 1 rings (SSSR count). The molecule has 0 heterocycles. The maximum Gasteiger partial charge on any atom is 0.0623 e. The number of benzene rings is 1. The Morgan fingerprint density at radius 3 is 2.22 bits per heavy atom. The van der Waals surface area contributed by atoms with Crippen LogP contribution in [0.2, 0.25) is 0 Å². The molecule has 0 saturated heterocycles. The van der Waals surface area contributed by atoms with Crippen molar-refractivity contribution < 1.29 is 9.84 Å². The van der Waals surface area contributed by atoms with Crippen LogP contribution in [-0.2, 0) is 11.2 Å². The van der Waals surface area contributed by atoms with Crippen LogP contribution in [0.15, 0.2) is 18.2 Å². The minimum absolute atomic E-state index is 0.149. The predicted molar refractivity (Wildman–Crippen MR) is 75.9 cm³/mol. The van der Waals surface area contributed by atoms with Crippen LogP contribution < -0.4 is 0 Å². The highest BCUT2D eigenvalue weighted by Crippen LogP contribution is 2.19. The van der Waals surface area contributed by atoms with Crippen molar-refractivity contribution in [1.82, 2.24) is 0 Å². The van der Waals surface area contributed by atoms with Crippen LogP contribution in [0.5, 0.6) is 0 Å². The summed E-state index contributed by atoms with van der Waals surface area (Å²) in [6.07, 6.45) is 2.08. The van der Waals surface area contributed by atoms with Crippen LogP contribution in [0.4, 0.5) is 0 Å². The normalized spacial score (nSPS) is 13.7. The van der Waals surface area contributed by atoms with E-state index in [0.29, 0.717) is 0 Å². The average molecular weight is 250 g/mol. The Bertz CT molecular complexity index is 362. The number of aliphatic hydroxyl groups is 1. The summed E-state index contributed by atoms with van der Waals surface area (Å²) < 4.78 is 5.37. The van der Waals surface area contributed by atoms with E-state index in [0.717, 1.165) is 19.3 Å². The molecular weight excluding hydrogens is 224 g/mol. The lowest BCUT2D eigenvalue weighted by Crippen LogP contribution is -2.25. The smallest absolute Gasteiger partial charge is 0.0623 e. The fourth-order valence-corrected chi connectivity index (χ4v) is 2.18. The molecule has 1 N–H and O–H groups in total. The van der Waals surface area contributed by atoms with E-state index >= 15 is 0 Å². The van der Waals surface area contributed by atoms with Gasteiger partial charge in [-0.2, -0.15) is 0 Å². The fraction of sp³-hybridized carbons (Fsp3) is 0.625. The molecule has 0 saturated carbocycles. The lowest BCUT2D eigenvalue weighted by Gasteiger charge is -2.24. The van der Waals surface area contributed by atoms with Gasteiger partial charge in [0.05, 0.1) is 11.7 Å². The summed E-state index contributed by atoms with van der Waals surface area (Å²) in [7, 11) is 1.72. The topological polar surface area (TPSA) is 29.5 Å². The van der Waals surface area contributed by atoms with Crippen molar-refractivity contribution in [3.8, 4) is 0 Å². The maximum absolute atomic E-state index is 10.1. The monoisotopic (exact) mass is 250 g/mol. The zero-order valence-corrected chi connectivity index (χ0v) is 12.3. The van der Waals surface area contributed by atoms with Crippen molar-refractivity contribution in [2.75, 3.05) is 7.11 Å². The van der Waals surface area contributed by atoms with E-state index < -0.39 is 0 Å². The van der Waals surface area contributed by atoms with Gasteiger partial charge in [0.2, 0.25) is 0 Å². The average Bonchev–Trinajstić information content (AvgIpc) is 2.25. The van der Waals surface area contributed by atoms with Gasteiger partial charge in [-0.15, -0.1) is 0 Å². The Labute approximate surface area is 111 Å². The molecule has 0 bridgehead atoms. The van der Waals surface area contributed by atoms with E-state index in [1.165, 1.54) is 16.7 Å². The van der Waals surface area contributed by atoms with Crippen molar-refractivity contribution in [1.29, 1.82) is 0 Å². The van der Waals surface area contributed by atoms with Crippen molar-refractivity contribution in [3.63, 3.8) is 0 Å². The lowest BCUT2D eigenvalue weighted by atomic mass is 9.95. The molecule has 0 amide bonds. The first-order valence-electron chi connectivity index (χ1n) is 6.63. The molecule has 0 spiro atoms. The van der Waals surface area contributed by atoms with Crippen LogP contribution in [-0.4, -0.2) is 23.9 Å². The molecular formula is C16H26O2. The van der Waals surface area contributed by atoms with Crippen molar-refractivity contribution in [2.24, 2.45) is 0 Å². The molecule has 1 atom stereocenters. The fourth-order valence-electron chi connectivity index (χ4n) is 2.18. The zero-order valence-electron chi connectivity index (χ0n) is 12.3. The molecule has 102 valence electrons. The van der Waals surface area contributed by atoms with Gasteiger partial charge in [-0.1, -0.05) is 29.3 Å². The Morgan fingerprint density at radius 2 is 1.72 bits per heavy atom. The van der Waals surface area contributed by atoms with E-state index in [2.05, 4.69) is 45.9 Å². The summed E-state index contributed by atoms with van der Waals surface area (Å²) >= 11 is 0. The molecule has 0 fully saturated rings. The molecule has 1 aromatic carbocycles. The van der Waals surface area contributed by atoms with Crippen LogP contribution in [0.1, 0.15) is 43.4 Å². The van der Waals surface area contributed by atoms with E-state index in [-0.39, 0.29) is 11.7 Å². The summed E-state index contributed by atoms with van der Waals surface area (Å²) in [5.74, 6) is 0. The largest absolute Gasteiger partial charge is 0.393 e. The molecule has 0 aliphatic heterocycles. The Kier molecular flexibility index (Phi) is 5.36. The molecule has 0 aliphatic rings. The second kappa shape index (κ2) is 6.35. The van der Waals surface area contributed by atoms with Gasteiger partial charge in [0, 0.05) is 7.11 Å². The van der Waals surface area contributed by atoms with Gasteiger partial charge in [0.15, 0.2) is 0 Å². The third-order valence-corrected chi connectivity index (χ3v) is 3.39. The summed E-state index contributed by atoms with van der Waals surface area (Å²) in [6.45, 7) is 8.29. The van der Waals surface area contributed by atoms with Gasteiger partial charge >= 0.3 is 0 Å². The molecule has 2 nitrogen and oxygen atoms in total. The van der Waals surface area contributed by atoms with E-state index in [4.69, 9.17) is 4.74 Å². The zero-order chi connectivity index (χ0) is 13.8. The number of ether oxygens (including phenoxy) is 1. The van der Waals surface area contributed by atoms with E-state index in [1.54, 1.807) is 7.11 Å². The van der Waals surface area contributed by atoms with Gasteiger partial charge in [-0.25, -0.2) is 0 Å². The lowest BCUT2D eigenvalue weighted by molar-refractivity contribution is 0.00306. The molecule has 0 radical (unpaired) electrons. The molecule has 18 heavy (non-hydrogen) atoms. The Hall–Kier alpha value is -0.860.